The Labute approximate surface area is 169 Å². The van der Waals surface area contributed by atoms with Crippen molar-refractivity contribution in [3.8, 4) is 0 Å². The Morgan fingerprint density at radius 1 is 1.18 bits per heavy atom. The molecule has 0 aliphatic carbocycles. The number of nitrogens with one attached hydrogen (secondary N) is 1. The van der Waals surface area contributed by atoms with Crippen molar-refractivity contribution in [3.05, 3.63) is 60.2 Å². The number of halogens is 1. The molecule has 1 aromatic heterocycles. The minimum Gasteiger partial charge on any atom is -0.325 e. The molecule has 0 saturated heterocycles. The highest BCUT2D eigenvalue weighted by atomic mass is 32.2. The highest BCUT2D eigenvalue weighted by molar-refractivity contribution is 8.00. The molecule has 0 aliphatic heterocycles. The van der Waals surface area contributed by atoms with Gasteiger partial charge >= 0.3 is 0 Å². The van der Waals surface area contributed by atoms with E-state index in [1.807, 2.05) is 23.7 Å². The highest BCUT2D eigenvalue weighted by Crippen LogP contribution is 2.27. The van der Waals surface area contributed by atoms with Crippen LogP contribution in [0.15, 0.2) is 63.7 Å². The summed E-state index contributed by atoms with van der Waals surface area (Å²) in [5, 5.41) is 11.4. The van der Waals surface area contributed by atoms with Gasteiger partial charge < -0.3 is 9.88 Å². The number of carbonyl (C=O) groups excluding carboxylic acids is 2. The van der Waals surface area contributed by atoms with Crippen LogP contribution < -0.4 is 5.32 Å². The topological polar surface area (TPSA) is 76.9 Å². The van der Waals surface area contributed by atoms with Crippen molar-refractivity contribution in [2.75, 3.05) is 11.1 Å². The monoisotopic (exact) mass is 416 g/mol. The van der Waals surface area contributed by atoms with Crippen LogP contribution in [0.4, 0.5) is 10.1 Å². The molecular formula is C19H17FN4O2S2. The molecule has 144 valence electrons. The maximum Gasteiger partial charge on any atom is 0.234 e. The summed E-state index contributed by atoms with van der Waals surface area (Å²) in [5.41, 5.74) is 0.964. The first-order valence-corrected chi connectivity index (χ1v) is 10.1. The molecule has 0 saturated carbocycles. The second kappa shape index (κ2) is 9.03. The fourth-order valence-electron chi connectivity index (χ4n) is 2.25. The Morgan fingerprint density at radius 3 is 2.54 bits per heavy atom. The molecule has 0 radical (unpaired) electrons. The molecule has 0 spiro atoms. The Balaban J connectivity index is 1.53. The third-order valence-corrected chi connectivity index (χ3v) is 5.82. The van der Waals surface area contributed by atoms with Gasteiger partial charge in [0.2, 0.25) is 5.91 Å². The van der Waals surface area contributed by atoms with Gasteiger partial charge in [-0.3, -0.25) is 9.59 Å². The summed E-state index contributed by atoms with van der Waals surface area (Å²) in [7, 11) is 1.87. The number of aryl methyl sites for hydroxylation is 1. The van der Waals surface area contributed by atoms with Crippen molar-refractivity contribution in [1.29, 1.82) is 0 Å². The lowest BCUT2D eigenvalue weighted by Gasteiger charge is -2.07. The van der Waals surface area contributed by atoms with E-state index in [0.29, 0.717) is 16.1 Å². The predicted molar refractivity (Wildman–Crippen MR) is 107 cm³/mol. The average molecular weight is 417 g/mol. The van der Waals surface area contributed by atoms with Crippen LogP contribution in [0.5, 0.6) is 0 Å². The first kappa shape index (κ1) is 20.1. The molecule has 3 aromatic rings. The van der Waals surface area contributed by atoms with E-state index in [1.54, 1.807) is 24.5 Å². The van der Waals surface area contributed by atoms with Crippen LogP contribution in [0.3, 0.4) is 0 Å². The molecule has 0 atom stereocenters. The van der Waals surface area contributed by atoms with Crippen molar-refractivity contribution in [1.82, 2.24) is 14.8 Å². The molecule has 3 rings (SSSR count). The molecule has 1 heterocycles. The molecule has 1 amide bonds. The second-order valence-corrected chi connectivity index (χ2v) is 7.95. The number of hydrogen-bond donors (Lipinski definition) is 1. The van der Waals surface area contributed by atoms with Crippen molar-refractivity contribution in [2.45, 2.75) is 21.9 Å². The SMILES string of the molecule is CC(=O)c1ccc(SCC(=O)Nc2ccc(Sc3nncn3C)cc2)c(F)c1. The van der Waals surface area contributed by atoms with Gasteiger partial charge in [0, 0.05) is 28.1 Å². The van der Waals surface area contributed by atoms with Gasteiger partial charge in [-0.1, -0.05) is 6.07 Å². The number of anilines is 1. The van der Waals surface area contributed by atoms with Gasteiger partial charge in [-0.25, -0.2) is 4.39 Å². The smallest absolute Gasteiger partial charge is 0.234 e. The zero-order valence-corrected chi connectivity index (χ0v) is 16.8. The normalized spacial score (nSPS) is 10.7. The third kappa shape index (κ3) is 5.20. The molecule has 0 aliphatic rings. The van der Waals surface area contributed by atoms with Crippen molar-refractivity contribution in [2.24, 2.45) is 7.05 Å². The number of carbonyl (C=O) groups is 2. The van der Waals surface area contributed by atoms with E-state index in [4.69, 9.17) is 0 Å². The van der Waals surface area contributed by atoms with Gasteiger partial charge in [0.05, 0.1) is 5.75 Å². The Morgan fingerprint density at radius 2 is 1.93 bits per heavy atom. The van der Waals surface area contributed by atoms with Crippen LogP contribution in [0.25, 0.3) is 0 Å². The predicted octanol–water partition coefficient (Wildman–Crippen LogP) is 4.04. The molecule has 2 aromatic carbocycles. The Kier molecular flexibility index (Phi) is 6.48. The first-order chi connectivity index (χ1) is 13.4. The molecule has 0 fully saturated rings. The van der Waals surface area contributed by atoms with Crippen molar-refractivity contribution in [3.63, 3.8) is 0 Å². The van der Waals surface area contributed by atoms with Crippen LogP contribution in [0.2, 0.25) is 0 Å². The quantitative estimate of drug-likeness (QED) is 0.463. The van der Waals surface area contributed by atoms with E-state index >= 15 is 0 Å². The summed E-state index contributed by atoms with van der Waals surface area (Å²) in [6.45, 7) is 1.38. The van der Waals surface area contributed by atoms with E-state index in [-0.39, 0.29) is 17.4 Å². The van der Waals surface area contributed by atoms with Crippen LogP contribution in [0.1, 0.15) is 17.3 Å². The van der Waals surface area contributed by atoms with E-state index < -0.39 is 5.82 Å². The maximum absolute atomic E-state index is 14.0. The minimum atomic E-state index is -0.504. The highest BCUT2D eigenvalue weighted by Gasteiger charge is 2.10. The average Bonchev–Trinajstić information content (AvgIpc) is 3.07. The largest absolute Gasteiger partial charge is 0.325 e. The molecule has 0 bridgehead atoms. The maximum atomic E-state index is 14.0. The number of aromatic nitrogens is 3. The fourth-order valence-corrected chi connectivity index (χ4v) is 3.74. The third-order valence-electron chi connectivity index (χ3n) is 3.71. The number of benzene rings is 2. The van der Waals surface area contributed by atoms with E-state index in [1.165, 1.54) is 30.8 Å². The summed E-state index contributed by atoms with van der Waals surface area (Å²) in [6, 6.07) is 11.6. The first-order valence-electron chi connectivity index (χ1n) is 8.27. The number of Topliss-reactive ketones (excluding diaryl/α,β-unsaturated/α-hetero) is 1. The summed E-state index contributed by atoms with van der Waals surface area (Å²) >= 11 is 2.55. The second-order valence-electron chi connectivity index (χ2n) is 5.89. The Hall–Kier alpha value is -2.65. The van der Waals surface area contributed by atoms with Gasteiger partial charge in [0.1, 0.15) is 12.1 Å². The lowest BCUT2D eigenvalue weighted by atomic mass is 10.1. The van der Waals surface area contributed by atoms with Crippen LogP contribution in [-0.2, 0) is 11.8 Å². The molecule has 1 N–H and O–H groups in total. The molecule has 6 nitrogen and oxygen atoms in total. The molecule has 28 heavy (non-hydrogen) atoms. The van der Waals surface area contributed by atoms with E-state index in [0.717, 1.165) is 21.8 Å². The molecule has 9 heteroatoms. The zero-order chi connectivity index (χ0) is 20.1. The minimum absolute atomic E-state index is 0.0613. The standard InChI is InChI=1S/C19H17FN4O2S2/c1-12(25)13-3-8-17(16(20)9-13)27-10-18(26)22-14-4-6-15(7-5-14)28-19-23-21-11-24(19)2/h3-9,11H,10H2,1-2H3,(H,22,26). The number of nitrogens with zero attached hydrogens (tertiary/aromatic N) is 3. The molecular weight excluding hydrogens is 399 g/mol. The summed E-state index contributed by atoms with van der Waals surface area (Å²) in [4.78, 5) is 24.7. The van der Waals surface area contributed by atoms with Gasteiger partial charge in [-0.15, -0.1) is 22.0 Å². The fraction of sp³-hybridized carbons (Fsp3) is 0.158. The van der Waals surface area contributed by atoms with Crippen LogP contribution in [0, 0.1) is 5.82 Å². The van der Waals surface area contributed by atoms with Crippen molar-refractivity contribution >= 4 is 40.9 Å². The zero-order valence-electron chi connectivity index (χ0n) is 15.2. The van der Waals surface area contributed by atoms with Crippen LogP contribution >= 0.6 is 23.5 Å². The number of amides is 1. The van der Waals surface area contributed by atoms with Gasteiger partial charge in [-0.05, 0) is 55.1 Å². The van der Waals surface area contributed by atoms with Crippen molar-refractivity contribution < 1.29 is 14.0 Å². The summed E-state index contributed by atoms with van der Waals surface area (Å²) in [5.74, 6) is -0.885. The van der Waals surface area contributed by atoms with E-state index in [9.17, 15) is 14.0 Å². The van der Waals surface area contributed by atoms with E-state index in [2.05, 4.69) is 15.5 Å². The summed E-state index contributed by atoms with van der Waals surface area (Å²) < 4.78 is 15.8. The summed E-state index contributed by atoms with van der Waals surface area (Å²) in [6.07, 6.45) is 1.63. The Bertz CT molecular complexity index is 1010. The van der Waals surface area contributed by atoms with Crippen LogP contribution in [-0.4, -0.2) is 32.2 Å². The number of thioether (sulfide) groups is 1. The lowest BCUT2D eigenvalue weighted by Crippen LogP contribution is -2.14. The molecule has 0 unspecified atom stereocenters. The number of hydrogen-bond acceptors (Lipinski definition) is 6. The number of ketones is 1. The lowest BCUT2D eigenvalue weighted by molar-refractivity contribution is -0.113. The number of rotatable bonds is 7. The van der Waals surface area contributed by atoms with Gasteiger partial charge in [-0.2, -0.15) is 0 Å². The van der Waals surface area contributed by atoms with Gasteiger partial charge in [0.15, 0.2) is 10.9 Å². The van der Waals surface area contributed by atoms with Gasteiger partial charge in [0.25, 0.3) is 0 Å².